The molecule has 2 saturated heterocycles. The van der Waals surface area contributed by atoms with Crippen molar-refractivity contribution < 1.29 is 9.53 Å². The maximum absolute atomic E-state index is 12.2. The number of hydrogen-bond donors (Lipinski definition) is 1. The van der Waals surface area contributed by atoms with Gasteiger partial charge in [0.1, 0.15) is 6.61 Å². The van der Waals surface area contributed by atoms with E-state index in [1.54, 1.807) is 0 Å². The van der Waals surface area contributed by atoms with Crippen LogP contribution >= 0.6 is 0 Å². The van der Waals surface area contributed by atoms with Gasteiger partial charge < -0.3 is 15.0 Å². The number of nitrogens with zero attached hydrogens (tertiary/aromatic N) is 1. The number of fused-ring (bicyclic) bond motifs is 1. The SMILES string of the molecule is C[C@@]12CNC[C@]1(C)CN(C(=O)OCc1ccccc1)C2. The van der Waals surface area contributed by atoms with Crippen LogP contribution in [0.2, 0.25) is 0 Å². The standard InChI is InChI=1S/C16H22N2O2/c1-15-9-17-10-16(15,2)12-18(11-15)14(19)20-8-13-6-4-3-5-7-13/h3-7,17H,8-12H2,1-2H3/t15-,16+. The molecule has 0 saturated carbocycles. The van der Waals surface area contributed by atoms with E-state index in [-0.39, 0.29) is 16.9 Å². The van der Waals surface area contributed by atoms with Gasteiger partial charge in [0.15, 0.2) is 0 Å². The Morgan fingerprint density at radius 3 is 2.40 bits per heavy atom. The minimum absolute atomic E-state index is 0.165. The van der Waals surface area contributed by atoms with Gasteiger partial charge in [-0.1, -0.05) is 44.2 Å². The van der Waals surface area contributed by atoms with Gasteiger partial charge in [-0.3, -0.25) is 0 Å². The van der Waals surface area contributed by atoms with Crippen LogP contribution in [0, 0.1) is 10.8 Å². The molecule has 0 bridgehead atoms. The first-order valence-corrected chi connectivity index (χ1v) is 7.19. The topological polar surface area (TPSA) is 41.6 Å². The molecular weight excluding hydrogens is 252 g/mol. The number of rotatable bonds is 2. The van der Waals surface area contributed by atoms with Gasteiger partial charge in [-0.2, -0.15) is 0 Å². The molecule has 4 nitrogen and oxygen atoms in total. The van der Waals surface area contributed by atoms with Crippen molar-refractivity contribution in [2.24, 2.45) is 10.8 Å². The Balaban J connectivity index is 1.60. The van der Waals surface area contributed by atoms with Crippen molar-refractivity contribution in [1.29, 1.82) is 0 Å². The van der Waals surface area contributed by atoms with Crippen LogP contribution in [0.25, 0.3) is 0 Å². The molecule has 1 N–H and O–H groups in total. The largest absolute Gasteiger partial charge is 0.445 e. The number of benzene rings is 1. The van der Waals surface area contributed by atoms with Crippen LogP contribution < -0.4 is 5.32 Å². The third-order valence-corrected chi connectivity index (χ3v) is 5.03. The van der Waals surface area contributed by atoms with E-state index in [1.807, 2.05) is 35.2 Å². The second-order valence-electron chi connectivity index (χ2n) is 6.62. The molecule has 2 atom stereocenters. The van der Waals surface area contributed by atoms with E-state index in [0.717, 1.165) is 31.7 Å². The number of ether oxygens (including phenoxy) is 1. The Morgan fingerprint density at radius 1 is 1.20 bits per heavy atom. The number of hydrogen-bond acceptors (Lipinski definition) is 3. The van der Waals surface area contributed by atoms with Crippen LogP contribution in [0.5, 0.6) is 0 Å². The highest BCUT2D eigenvalue weighted by atomic mass is 16.6. The first-order valence-electron chi connectivity index (χ1n) is 7.19. The molecule has 108 valence electrons. The van der Waals surface area contributed by atoms with E-state index in [2.05, 4.69) is 19.2 Å². The lowest BCUT2D eigenvalue weighted by atomic mass is 9.71. The molecular formula is C16H22N2O2. The molecule has 0 aromatic heterocycles. The molecule has 3 rings (SSSR count). The van der Waals surface area contributed by atoms with Crippen molar-refractivity contribution in [2.45, 2.75) is 20.5 Å². The van der Waals surface area contributed by atoms with E-state index in [0.29, 0.717) is 6.61 Å². The van der Waals surface area contributed by atoms with Gasteiger partial charge in [0.25, 0.3) is 0 Å². The summed E-state index contributed by atoms with van der Waals surface area (Å²) in [5.74, 6) is 0. The molecule has 2 aliphatic heterocycles. The summed E-state index contributed by atoms with van der Waals surface area (Å²) in [6, 6.07) is 9.81. The highest BCUT2D eigenvalue weighted by Crippen LogP contribution is 2.48. The van der Waals surface area contributed by atoms with Crippen LogP contribution in [0.1, 0.15) is 19.4 Å². The third-order valence-electron chi connectivity index (χ3n) is 5.03. The quantitative estimate of drug-likeness (QED) is 0.899. The Morgan fingerprint density at radius 2 is 1.80 bits per heavy atom. The molecule has 0 unspecified atom stereocenters. The average Bonchev–Trinajstić information content (AvgIpc) is 2.85. The molecule has 0 spiro atoms. The Bertz CT molecular complexity index is 486. The summed E-state index contributed by atoms with van der Waals surface area (Å²) in [6.07, 6.45) is -0.189. The smallest absolute Gasteiger partial charge is 0.410 e. The molecule has 4 heteroatoms. The van der Waals surface area contributed by atoms with Gasteiger partial charge in [-0.15, -0.1) is 0 Å². The number of carbonyl (C=O) groups is 1. The number of likely N-dealkylation sites (tertiary alicyclic amines) is 1. The minimum atomic E-state index is -0.189. The van der Waals surface area contributed by atoms with Crippen molar-refractivity contribution in [3.05, 3.63) is 35.9 Å². The Kier molecular flexibility index (Phi) is 3.21. The van der Waals surface area contributed by atoms with Crippen LogP contribution in [0.15, 0.2) is 30.3 Å². The molecule has 1 aromatic rings. The van der Waals surface area contributed by atoms with Crippen LogP contribution in [0.4, 0.5) is 4.79 Å². The summed E-state index contributed by atoms with van der Waals surface area (Å²) in [5, 5.41) is 3.44. The summed E-state index contributed by atoms with van der Waals surface area (Å²) in [4.78, 5) is 14.1. The summed E-state index contributed by atoms with van der Waals surface area (Å²) in [7, 11) is 0. The van der Waals surface area contributed by atoms with Crippen LogP contribution in [-0.4, -0.2) is 37.2 Å². The average molecular weight is 274 g/mol. The summed E-state index contributed by atoms with van der Waals surface area (Å²) in [5.41, 5.74) is 1.36. The lowest BCUT2D eigenvalue weighted by molar-refractivity contribution is 0.0992. The predicted molar refractivity (Wildman–Crippen MR) is 77.3 cm³/mol. The summed E-state index contributed by atoms with van der Waals surface area (Å²) < 4.78 is 5.43. The molecule has 1 amide bonds. The Hall–Kier alpha value is -1.55. The first-order chi connectivity index (χ1) is 9.52. The van der Waals surface area contributed by atoms with E-state index < -0.39 is 0 Å². The van der Waals surface area contributed by atoms with E-state index in [4.69, 9.17) is 4.74 Å². The fourth-order valence-electron chi connectivity index (χ4n) is 3.37. The minimum Gasteiger partial charge on any atom is -0.445 e. The van der Waals surface area contributed by atoms with E-state index in [1.165, 1.54) is 0 Å². The zero-order valence-corrected chi connectivity index (χ0v) is 12.2. The van der Waals surface area contributed by atoms with E-state index >= 15 is 0 Å². The van der Waals surface area contributed by atoms with Crippen molar-refractivity contribution in [2.75, 3.05) is 26.2 Å². The van der Waals surface area contributed by atoms with Gasteiger partial charge in [-0.05, 0) is 5.56 Å². The normalized spacial score (nSPS) is 32.2. The Labute approximate surface area is 120 Å². The van der Waals surface area contributed by atoms with Gasteiger partial charge in [0.2, 0.25) is 0 Å². The monoisotopic (exact) mass is 274 g/mol. The summed E-state index contributed by atoms with van der Waals surface area (Å²) in [6.45, 7) is 8.39. The predicted octanol–water partition coefficient (Wildman–Crippen LogP) is 2.25. The van der Waals surface area contributed by atoms with Crippen molar-refractivity contribution in [3.8, 4) is 0 Å². The fourth-order valence-corrected chi connectivity index (χ4v) is 3.37. The highest BCUT2D eigenvalue weighted by Gasteiger charge is 2.56. The molecule has 2 aliphatic rings. The summed E-state index contributed by atoms with van der Waals surface area (Å²) >= 11 is 0. The molecule has 0 radical (unpaired) electrons. The van der Waals surface area contributed by atoms with Gasteiger partial charge in [-0.25, -0.2) is 4.79 Å². The van der Waals surface area contributed by atoms with Crippen molar-refractivity contribution in [3.63, 3.8) is 0 Å². The van der Waals surface area contributed by atoms with Gasteiger partial charge >= 0.3 is 6.09 Å². The number of nitrogens with one attached hydrogen (secondary N) is 1. The van der Waals surface area contributed by atoms with Crippen molar-refractivity contribution in [1.82, 2.24) is 10.2 Å². The second-order valence-corrected chi connectivity index (χ2v) is 6.62. The number of carbonyl (C=O) groups excluding carboxylic acids is 1. The number of amides is 1. The molecule has 20 heavy (non-hydrogen) atoms. The molecule has 2 heterocycles. The van der Waals surface area contributed by atoms with Crippen LogP contribution in [0.3, 0.4) is 0 Å². The first kappa shape index (κ1) is 13.4. The zero-order valence-electron chi connectivity index (χ0n) is 12.2. The fraction of sp³-hybridized carbons (Fsp3) is 0.562. The van der Waals surface area contributed by atoms with Crippen LogP contribution in [-0.2, 0) is 11.3 Å². The maximum atomic E-state index is 12.2. The van der Waals surface area contributed by atoms with Gasteiger partial charge in [0, 0.05) is 37.0 Å². The molecule has 1 aromatic carbocycles. The molecule has 2 fully saturated rings. The lowest BCUT2D eigenvalue weighted by Crippen LogP contribution is -2.34. The maximum Gasteiger partial charge on any atom is 0.410 e. The van der Waals surface area contributed by atoms with E-state index in [9.17, 15) is 4.79 Å². The highest BCUT2D eigenvalue weighted by molar-refractivity contribution is 5.68. The van der Waals surface area contributed by atoms with Crippen molar-refractivity contribution >= 4 is 6.09 Å². The molecule has 0 aliphatic carbocycles. The zero-order chi connectivity index (χ0) is 14.2. The second kappa shape index (κ2) is 4.77. The third kappa shape index (κ3) is 2.18. The van der Waals surface area contributed by atoms with Gasteiger partial charge in [0.05, 0.1) is 0 Å². The lowest BCUT2D eigenvalue weighted by Gasteiger charge is -2.30.